The number of H-pyrrole nitrogens is 1. The molecule has 4 heteroatoms. The topological polar surface area (TPSA) is 71.8 Å². The van der Waals surface area contributed by atoms with Crippen LogP contribution in [0.25, 0.3) is 0 Å². The third kappa shape index (κ3) is 2.33. The first-order chi connectivity index (χ1) is 9.65. The van der Waals surface area contributed by atoms with E-state index >= 15 is 0 Å². The molecule has 2 aromatic rings. The van der Waals surface area contributed by atoms with Crippen LogP contribution in [0.2, 0.25) is 0 Å². The summed E-state index contributed by atoms with van der Waals surface area (Å²) in [7, 11) is 0. The van der Waals surface area contributed by atoms with E-state index in [0.717, 1.165) is 65.7 Å². The molecule has 3 N–H and O–H groups in total. The van der Waals surface area contributed by atoms with Crippen molar-refractivity contribution in [2.24, 2.45) is 0 Å². The largest absolute Gasteiger partial charge is 0.399 e. The van der Waals surface area contributed by atoms with E-state index in [-0.39, 0.29) is 5.56 Å². The maximum absolute atomic E-state index is 11.8. The molecule has 104 valence electrons. The smallest absolute Gasteiger partial charge is 0.267 e. The number of nitrogens with two attached hydrogens (primary N) is 1. The van der Waals surface area contributed by atoms with Crippen LogP contribution in [-0.2, 0) is 19.3 Å². The average Bonchev–Trinajstić information content (AvgIpc) is 2.46. The van der Waals surface area contributed by atoms with Crippen LogP contribution >= 0.6 is 0 Å². The maximum atomic E-state index is 11.8. The van der Waals surface area contributed by atoms with Gasteiger partial charge in [-0.2, -0.15) is 5.10 Å². The van der Waals surface area contributed by atoms with Crippen LogP contribution in [0.1, 0.15) is 40.8 Å². The van der Waals surface area contributed by atoms with E-state index in [4.69, 9.17) is 5.73 Å². The molecule has 1 heterocycles. The van der Waals surface area contributed by atoms with Crippen LogP contribution in [0.3, 0.4) is 0 Å². The minimum atomic E-state index is -0.0214. The lowest BCUT2D eigenvalue weighted by Gasteiger charge is -2.17. The van der Waals surface area contributed by atoms with Gasteiger partial charge >= 0.3 is 0 Å². The van der Waals surface area contributed by atoms with Gasteiger partial charge in [-0.1, -0.05) is 12.1 Å². The molecule has 0 unspecified atom stereocenters. The number of hydrogen-bond donors (Lipinski definition) is 2. The van der Waals surface area contributed by atoms with E-state index in [1.165, 1.54) is 0 Å². The van der Waals surface area contributed by atoms with Crippen LogP contribution in [0, 0.1) is 6.92 Å². The fraction of sp³-hybridized carbons (Fsp3) is 0.375. The fourth-order valence-corrected chi connectivity index (χ4v) is 2.87. The maximum Gasteiger partial charge on any atom is 0.267 e. The van der Waals surface area contributed by atoms with Gasteiger partial charge < -0.3 is 5.73 Å². The Hall–Kier alpha value is -2.10. The van der Waals surface area contributed by atoms with Gasteiger partial charge in [0.1, 0.15) is 0 Å². The monoisotopic (exact) mass is 269 g/mol. The van der Waals surface area contributed by atoms with Gasteiger partial charge in [0.2, 0.25) is 0 Å². The first kappa shape index (κ1) is 12.9. The second kappa shape index (κ2) is 5.12. The third-order valence-corrected chi connectivity index (χ3v) is 4.10. The molecule has 1 aromatic carbocycles. The molecule has 1 aromatic heterocycles. The van der Waals surface area contributed by atoms with Crippen molar-refractivity contribution in [2.75, 3.05) is 5.73 Å². The van der Waals surface area contributed by atoms with Crippen molar-refractivity contribution in [1.82, 2.24) is 10.2 Å². The van der Waals surface area contributed by atoms with Gasteiger partial charge in [0, 0.05) is 17.7 Å². The molecule has 0 fully saturated rings. The van der Waals surface area contributed by atoms with Crippen LogP contribution in [0.5, 0.6) is 0 Å². The second-order valence-electron chi connectivity index (χ2n) is 5.53. The summed E-state index contributed by atoms with van der Waals surface area (Å²) >= 11 is 0. The van der Waals surface area contributed by atoms with Crippen LogP contribution in [-0.4, -0.2) is 10.2 Å². The van der Waals surface area contributed by atoms with E-state index in [0.29, 0.717) is 0 Å². The number of benzene rings is 1. The number of aryl methyl sites for hydroxylation is 1. The van der Waals surface area contributed by atoms with Gasteiger partial charge in [-0.15, -0.1) is 0 Å². The quantitative estimate of drug-likeness (QED) is 0.820. The van der Waals surface area contributed by atoms with Crippen LogP contribution in [0.15, 0.2) is 23.0 Å². The number of fused-ring (bicyclic) bond motifs is 1. The Morgan fingerprint density at radius 2 is 2.00 bits per heavy atom. The van der Waals surface area contributed by atoms with Crippen molar-refractivity contribution in [3.8, 4) is 0 Å². The molecule has 0 amide bonds. The highest BCUT2D eigenvalue weighted by Gasteiger charge is 2.17. The molecule has 1 aliphatic rings. The lowest BCUT2D eigenvalue weighted by atomic mass is 9.90. The number of nitrogens with zero attached hydrogens (tertiary/aromatic N) is 1. The van der Waals surface area contributed by atoms with Crippen molar-refractivity contribution in [2.45, 2.75) is 39.0 Å². The number of hydrogen-bond acceptors (Lipinski definition) is 3. The van der Waals surface area contributed by atoms with Crippen molar-refractivity contribution in [3.05, 3.63) is 56.5 Å². The van der Waals surface area contributed by atoms with E-state index in [2.05, 4.69) is 16.3 Å². The second-order valence-corrected chi connectivity index (χ2v) is 5.53. The summed E-state index contributed by atoms with van der Waals surface area (Å²) in [5.74, 6) is 0. The van der Waals surface area contributed by atoms with E-state index in [9.17, 15) is 4.79 Å². The lowest BCUT2D eigenvalue weighted by Crippen LogP contribution is -2.23. The molecular formula is C16H19N3O. The minimum absolute atomic E-state index is 0.0214. The molecule has 0 aliphatic heterocycles. The molecule has 0 saturated heterocycles. The average molecular weight is 269 g/mol. The molecule has 3 rings (SSSR count). The predicted molar refractivity (Wildman–Crippen MR) is 79.9 cm³/mol. The van der Waals surface area contributed by atoms with Gasteiger partial charge in [0.25, 0.3) is 5.56 Å². The van der Waals surface area contributed by atoms with Gasteiger partial charge in [-0.3, -0.25) is 4.79 Å². The molecule has 4 nitrogen and oxygen atoms in total. The fourth-order valence-electron chi connectivity index (χ4n) is 2.87. The van der Waals surface area contributed by atoms with E-state index in [1.807, 2.05) is 19.1 Å². The number of nitrogen functional groups attached to an aromatic ring is 1. The summed E-state index contributed by atoms with van der Waals surface area (Å²) in [6, 6.07) is 6.10. The van der Waals surface area contributed by atoms with Gasteiger partial charge in [0.05, 0.1) is 5.69 Å². The Morgan fingerprint density at radius 1 is 1.25 bits per heavy atom. The summed E-state index contributed by atoms with van der Waals surface area (Å²) in [4.78, 5) is 11.8. The summed E-state index contributed by atoms with van der Waals surface area (Å²) in [6.07, 6.45) is 4.79. The number of rotatable bonds is 2. The number of aromatic amines is 1. The van der Waals surface area contributed by atoms with Crippen molar-refractivity contribution >= 4 is 5.69 Å². The summed E-state index contributed by atoms with van der Waals surface area (Å²) < 4.78 is 0. The Kier molecular flexibility index (Phi) is 3.30. The van der Waals surface area contributed by atoms with Gasteiger partial charge in [-0.25, -0.2) is 5.10 Å². The first-order valence-corrected chi connectivity index (χ1v) is 7.09. The molecule has 0 saturated carbocycles. The van der Waals surface area contributed by atoms with Crippen LogP contribution < -0.4 is 11.3 Å². The Morgan fingerprint density at radius 3 is 2.75 bits per heavy atom. The molecular weight excluding hydrogens is 250 g/mol. The predicted octanol–water partition coefficient (Wildman–Crippen LogP) is 2.13. The molecule has 0 spiro atoms. The molecule has 0 atom stereocenters. The zero-order valence-corrected chi connectivity index (χ0v) is 11.7. The number of anilines is 1. The number of nitrogens with one attached hydrogen (secondary N) is 1. The third-order valence-electron chi connectivity index (χ3n) is 4.10. The summed E-state index contributed by atoms with van der Waals surface area (Å²) in [5, 5.41) is 6.90. The summed E-state index contributed by atoms with van der Waals surface area (Å²) in [6.45, 7) is 2.00. The van der Waals surface area contributed by atoms with Crippen LogP contribution in [0.4, 0.5) is 5.69 Å². The minimum Gasteiger partial charge on any atom is -0.399 e. The highest BCUT2D eigenvalue weighted by atomic mass is 16.1. The van der Waals surface area contributed by atoms with Gasteiger partial charge in [0.15, 0.2) is 0 Å². The zero-order valence-electron chi connectivity index (χ0n) is 11.7. The van der Waals surface area contributed by atoms with Gasteiger partial charge in [-0.05, 0) is 55.4 Å². The van der Waals surface area contributed by atoms with Crippen molar-refractivity contribution < 1.29 is 0 Å². The first-order valence-electron chi connectivity index (χ1n) is 7.09. The SMILES string of the molecule is Cc1ccc(Cc2n[nH]c(=O)c3c2CCCC3)cc1N. The molecule has 0 radical (unpaired) electrons. The van der Waals surface area contributed by atoms with Crippen molar-refractivity contribution in [1.29, 1.82) is 0 Å². The Labute approximate surface area is 118 Å². The molecule has 0 bridgehead atoms. The number of aromatic nitrogens is 2. The highest BCUT2D eigenvalue weighted by Crippen LogP contribution is 2.23. The lowest BCUT2D eigenvalue weighted by molar-refractivity contribution is 0.655. The standard InChI is InChI=1S/C16H19N3O/c1-10-6-7-11(8-14(10)17)9-15-12-4-2-3-5-13(12)16(20)19-18-15/h6-8H,2-5,9,17H2,1H3,(H,19,20). The molecule has 20 heavy (non-hydrogen) atoms. The highest BCUT2D eigenvalue weighted by molar-refractivity contribution is 5.49. The van der Waals surface area contributed by atoms with E-state index < -0.39 is 0 Å². The normalized spacial score (nSPS) is 14.1. The summed E-state index contributed by atoms with van der Waals surface area (Å²) in [5.41, 5.74) is 12.0. The zero-order chi connectivity index (χ0) is 14.1. The Balaban J connectivity index is 1.98. The van der Waals surface area contributed by atoms with Crippen molar-refractivity contribution in [3.63, 3.8) is 0 Å². The van der Waals surface area contributed by atoms with E-state index in [1.54, 1.807) is 0 Å². The molecule has 1 aliphatic carbocycles. The Bertz CT molecular complexity index is 703.